The third kappa shape index (κ3) is 2.82. The van der Waals surface area contributed by atoms with Crippen LogP contribution in [-0.2, 0) is 16.0 Å². The molecule has 5 nitrogen and oxygen atoms in total. The van der Waals surface area contributed by atoms with Gasteiger partial charge in [0.15, 0.2) is 0 Å². The van der Waals surface area contributed by atoms with E-state index in [1.165, 1.54) is 0 Å². The molecule has 1 aliphatic rings. The van der Waals surface area contributed by atoms with Crippen molar-refractivity contribution in [3.8, 4) is 0 Å². The number of hydrogen-bond donors (Lipinski definition) is 3. The minimum absolute atomic E-state index is 0.0243. The Labute approximate surface area is 99.6 Å². The van der Waals surface area contributed by atoms with Crippen LogP contribution in [0.1, 0.15) is 12.0 Å². The van der Waals surface area contributed by atoms with E-state index in [-0.39, 0.29) is 18.4 Å². The Morgan fingerprint density at radius 2 is 2.24 bits per heavy atom. The van der Waals surface area contributed by atoms with E-state index in [0.717, 1.165) is 17.7 Å². The molecule has 17 heavy (non-hydrogen) atoms. The molecule has 0 atom stereocenters. The number of nitrogens with one attached hydrogen (secondary N) is 3. The van der Waals surface area contributed by atoms with Crippen LogP contribution in [0, 0.1) is 0 Å². The second kappa shape index (κ2) is 4.97. The van der Waals surface area contributed by atoms with Gasteiger partial charge < -0.3 is 16.0 Å². The summed E-state index contributed by atoms with van der Waals surface area (Å²) in [6, 6.07) is 5.58. The first kappa shape index (κ1) is 11.6. The van der Waals surface area contributed by atoms with Gasteiger partial charge >= 0.3 is 0 Å². The summed E-state index contributed by atoms with van der Waals surface area (Å²) in [7, 11) is 1.71. The van der Waals surface area contributed by atoms with Crippen molar-refractivity contribution in [1.29, 1.82) is 0 Å². The van der Waals surface area contributed by atoms with Gasteiger partial charge in [0, 0.05) is 17.8 Å². The Hall–Kier alpha value is -1.88. The predicted octanol–water partition coefficient (Wildman–Crippen LogP) is 0.729. The number of rotatable bonds is 3. The van der Waals surface area contributed by atoms with E-state index in [4.69, 9.17) is 0 Å². The molecule has 0 radical (unpaired) electrons. The van der Waals surface area contributed by atoms with E-state index in [1.807, 2.05) is 12.1 Å². The molecule has 1 aliphatic heterocycles. The van der Waals surface area contributed by atoms with Gasteiger partial charge in [-0.25, -0.2) is 0 Å². The summed E-state index contributed by atoms with van der Waals surface area (Å²) in [6.45, 7) is 0.267. The minimum atomic E-state index is -0.102. The average molecular weight is 233 g/mol. The van der Waals surface area contributed by atoms with Gasteiger partial charge in [-0.15, -0.1) is 0 Å². The van der Waals surface area contributed by atoms with E-state index < -0.39 is 0 Å². The van der Waals surface area contributed by atoms with Crippen molar-refractivity contribution < 1.29 is 9.59 Å². The average Bonchev–Trinajstić information content (AvgIpc) is 2.28. The molecule has 1 aromatic carbocycles. The zero-order chi connectivity index (χ0) is 12.3. The van der Waals surface area contributed by atoms with Gasteiger partial charge in [-0.05, 0) is 31.2 Å². The van der Waals surface area contributed by atoms with Crippen LogP contribution in [0.2, 0.25) is 0 Å². The van der Waals surface area contributed by atoms with Crippen LogP contribution < -0.4 is 16.0 Å². The minimum Gasteiger partial charge on any atom is -0.326 e. The largest absolute Gasteiger partial charge is 0.326 e. The number of fused-ring (bicyclic) bond motifs is 1. The Balaban J connectivity index is 2.13. The van der Waals surface area contributed by atoms with Gasteiger partial charge in [0.05, 0.1) is 6.54 Å². The van der Waals surface area contributed by atoms with Crippen LogP contribution in [0.25, 0.3) is 0 Å². The van der Waals surface area contributed by atoms with Gasteiger partial charge in [0.2, 0.25) is 11.8 Å². The fourth-order valence-electron chi connectivity index (χ4n) is 1.82. The highest BCUT2D eigenvalue weighted by molar-refractivity contribution is 5.96. The second-order valence-electron chi connectivity index (χ2n) is 4.00. The highest BCUT2D eigenvalue weighted by Crippen LogP contribution is 2.25. The maximum Gasteiger partial charge on any atom is 0.238 e. The Kier molecular flexibility index (Phi) is 3.39. The molecule has 0 bridgehead atoms. The number of anilines is 2. The fourth-order valence-corrected chi connectivity index (χ4v) is 1.82. The number of hydrogen-bond acceptors (Lipinski definition) is 3. The van der Waals surface area contributed by atoms with Gasteiger partial charge in [0.25, 0.3) is 0 Å². The van der Waals surface area contributed by atoms with Crippen LogP contribution in [0.5, 0.6) is 0 Å². The maximum absolute atomic E-state index is 11.4. The molecule has 1 heterocycles. The molecule has 2 amide bonds. The topological polar surface area (TPSA) is 70.2 Å². The summed E-state index contributed by atoms with van der Waals surface area (Å²) < 4.78 is 0. The predicted molar refractivity (Wildman–Crippen MR) is 65.9 cm³/mol. The molecule has 0 aliphatic carbocycles. The van der Waals surface area contributed by atoms with Crippen molar-refractivity contribution in [2.45, 2.75) is 12.8 Å². The molecule has 5 heteroatoms. The lowest BCUT2D eigenvalue weighted by atomic mass is 10.0. The van der Waals surface area contributed by atoms with Crippen LogP contribution in [0.3, 0.4) is 0 Å². The summed E-state index contributed by atoms with van der Waals surface area (Å²) in [4.78, 5) is 22.6. The number of benzene rings is 1. The Morgan fingerprint density at radius 1 is 1.41 bits per heavy atom. The van der Waals surface area contributed by atoms with E-state index in [1.54, 1.807) is 13.1 Å². The van der Waals surface area contributed by atoms with E-state index in [2.05, 4.69) is 16.0 Å². The van der Waals surface area contributed by atoms with Crippen molar-refractivity contribution in [3.05, 3.63) is 23.8 Å². The van der Waals surface area contributed by atoms with Crippen molar-refractivity contribution >= 4 is 23.2 Å². The molecule has 0 fully saturated rings. The fraction of sp³-hybridized carbons (Fsp3) is 0.333. The molecular weight excluding hydrogens is 218 g/mol. The first-order valence-electron chi connectivity index (χ1n) is 5.56. The van der Waals surface area contributed by atoms with Gasteiger partial charge in [0.1, 0.15) is 0 Å². The Morgan fingerprint density at radius 3 is 3.00 bits per heavy atom. The zero-order valence-electron chi connectivity index (χ0n) is 9.67. The molecule has 2 rings (SSSR count). The molecule has 0 saturated carbocycles. The summed E-state index contributed by atoms with van der Waals surface area (Å²) in [5.74, 6) is -0.0780. The highest BCUT2D eigenvalue weighted by atomic mass is 16.2. The first-order chi connectivity index (χ1) is 8.19. The highest BCUT2D eigenvalue weighted by Gasteiger charge is 2.15. The molecular formula is C12H15N3O2. The number of likely N-dealkylation sites (N-methyl/N-ethyl adjacent to an activating group) is 1. The normalized spacial score (nSPS) is 13.8. The quantitative estimate of drug-likeness (QED) is 0.720. The number of amides is 2. The summed E-state index contributed by atoms with van der Waals surface area (Å²) in [5, 5.41) is 8.33. The van der Waals surface area contributed by atoms with Crippen molar-refractivity contribution in [1.82, 2.24) is 5.32 Å². The van der Waals surface area contributed by atoms with E-state index in [9.17, 15) is 9.59 Å². The second-order valence-corrected chi connectivity index (χ2v) is 4.00. The third-order valence-corrected chi connectivity index (χ3v) is 2.63. The number of carbonyl (C=O) groups is 2. The zero-order valence-corrected chi connectivity index (χ0v) is 9.67. The van der Waals surface area contributed by atoms with E-state index in [0.29, 0.717) is 12.1 Å². The van der Waals surface area contributed by atoms with Crippen LogP contribution >= 0.6 is 0 Å². The molecule has 3 N–H and O–H groups in total. The summed E-state index contributed by atoms with van der Waals surface area (Å²) in [6.07, 6.45) is 1.28. The smallest absolute Gasteiger partial charge is 0.238 e. The van der Waals surface area contributed by atoms with Crippen molar-refractivity contribution in [2.75, 3.05) is 24.2 Å². The third-order valence-electron chi connectivity index (χ3n) is 2.63. The van der Waals surface area contributed by atoms with E-state index >= 15 is 0 Å². The first-order valence-corrected chi connectivity index (χ1v) is 5.56. The molecule has 1 aromatic rings. The van der Waals surface area contributed by atoms with Crippen molar-refractivity contribution in [3.63, 3.8) is 0 Å². The molecule has 0 unspecified atom stereocenters. The van der Waals surface area contributed by atoms with Crippen LogP contribution in [0.15, 0.2) is 18.2 Å². The lowest BCUT2D eigenvalue weighted by Crippen LogP contribution is -2.25. The molecule has 90 valence electrons. The van der Waals surface area contributed by atoms with Crippen LogP contribution in [0.4, 0.5) is 11.4 Å². The molecule has 0 spiro atoms. The number of carbonyl (C=O) groups excluding carboxylic acids is 2. The number of aryl methyl sites for hydroxylation is 1. The standard InChI is InChI=1S/C12H15N3O2/c1-13-7-12(17)14-9-4-2-8-3-5-11(16)15-10(8)6-9/h2,4,6,13H,3,5,7H2,1H3,(H,14,17)(H,15,16). The monoisotopic (exact) mass is 233 g/mol. The summed E-state index contributed by atoms with van der Waals surface area (Å²) in [5.41, 5.74) is 2.60. The van der Waals surface area contributed by atoms with Gasteiger partial charge in [-0.1, -0.05) is 6.07 Å². The van der Waals surface area contributed by atoms with Crippen LogP contribution in [-0.4, -0.2) is 25.4 Å². The SMILES string of the molecule is CNCC(=O)Nc1ccc2c(c1)NC(=O)CC2. The van der Waals surface area contributed by atoms with Gasteiger partial charge in [-0.3, -0.25) is 9.59 Å². The Bertz CT molecular complexity index is 457. The maximum atomic E-state index is 11.4. The molecule has 0 saturated heterocycles. The van der Waals surface area contributed by atoms with Gasteiger partial charge in [-0.2, -0.15) is 0 Å². The lowest BCUT2D eigenvalue weighted by molar-refractivity contribution is -0.116. The lowest BCUT2D eigenvalue weighted by Gasteiger charge is -2.17. The van der Waals surface area contributed by atoms with Crippen molar-refractivity contribution in [2.24, 2.45) is 0 Å². The molecule has 0 aromatic heterocycles. The summed E-state index contributed by atoms with van der Waals surface area (Å²) >= 11 is 0.